The number of ether oxygens (including phenoxy) is 1. The van der Waals surface area contributed by atoms with Crippen molar-refractivity contribution in [1.29, 1.82) is 0 Å². The van der Waals surface area contributed by atoms with Crippen LogP contribution in [0, 0.1) is 0 Å². The van der Waals surface area contributed by atoms with Gasteiger partial charge in [0.2, 0.25) is 0 Å². The van der Waals surface area contributed by atoms with Crippen molar-refractivity contribution in [3.63, 3.8) is 0 Å². The average molecular weight is 315 g/mol. The van der Waals surface area contributed by atoms with Gasteiger partial charge in [-0.25, -0.2) is 0 Å². The van der Waals surface area contributed by atoms with Gasteiger partial charge in [0.15, 0.2) is 11.9 Å². The van der Waals surface area contributed by atoms with Crippen LogP contribution < -0.4 is 4.74 Å². The van der Waals surface area contributed by atoms with Crippen molar-refractivity contribution in [3.05, 3.63) is 76.3 Å². The van der Waals surface area contributed by atoms with Crippen LogP contribution in [-0.2, 0) is 0 Å². The predicted octanol–water partition coefficient (Wildman–Crippen LogP) is 4.32. The molecule has 0 aliphatic carbocycles. The Balaban J connectivity index is 2.04. The quantitative estimate of drug-likeness (QED) is 0.733. The summed E-state index contributed by atoms with van der Waals surface area (Å²) >= 11 is 3.39. The molecule has 2 aromatic carbocycles. The van der Waals surface area contributed by atoms with E-state index in [1.807, 2.05) is 42.5 Å². The molecule has 0 fully saturated rings. The first kappa shape index (κ1) is 12.2. The third kappa shape index (κ3) is 2.10. The first-order chi connectivity index (χ1) is 9.16. The molecule has 0 N–H and O–H groups in total. The molecule has 3 rings (SSSR count). The normalized spacial score (nSPS) is 17.8. The lowest BCUT2D eigenvalue weighted by atomic mass is 9.92. The molecule has 1 heterocycles. The van der Waals surface area contributed by atoms with Gasteiger partial charge in [0.1, 0.15) is 5.75 Å². The zero-order valence-electron chi connectivity index (χ0n) is 10.1. The van der Waals surface area contributed by atoms with E-state index in [1.54, 1.807) is 6.07 Å². The maximum Gasteiger partial charge on any atom is 0.196 e. The zero-order chi connectivity index (χ0) is 13.4. The van der Waals surface area contributed by atoms with Crippen LogP contribution in [0.2, 0.25) is 0 Å². The summed E-state index contributed by atoms with van der Waals surface area (Å²) < 4.78 is 6.90. The number of hydrogen-bond acceptors (Lipinski definition) is 2. The highest BCUT2D eigenvalue weighted by Gasteiger charge is 2.30. The number of fused-ring (bicyclic) bond motifs is 1. The van der Waals surface area contributed by atoms with Gasteiger partial charge < -0.3 is 4.74 Å². The van der Waals surface area contributed by atoms with Crippen molar-refractivity contribution in [2.45, 2.75) is 6.10 Å². The van der Waals surface area contributed by atoms with Crippen LogP contribution in [-0.4, -0.2) is 5.78 Å². The Morgan fingerprint density at radius 1 is 1.05 bits per heavy atom. The summed E-state index contributed by atoms with van der Waals surface area (Å²) in [6.07, 6.45) is -0.407. The topological polar surface area (TPSA) is 26.3 Å². The van der Waals surface area contributed by atoms with Crippen molar-refractivity contribution in [1.82, 2.24) is 0 Å². The summed E-state index contributed by atoms with van der Waals surface area (Å²) in [6.45, 7) is 3.89. The Morgan fingerprint density at radius 2 is 1.74 bits per heavy atom. The monoisotopic (exact) mass is 314 g/mol. The number of carbonyl (C=O) groups excluding carboxylic acids is 1. The molecule has 0 spiro atoms. The standard InChI is InChI=1S/C16H11BrO2/c1-10-15(18)13-4-2-3-5-14(13)19-16(10)11-6-8-12(17)9-7-11/h2-9,16H,1H2/t16-/m1/s1. The van der Waals surface area contributed by atoms with Crippen LogP contribution in [0.5, 0.6) is 5.75 Å². The molecule has 2 nitrogen and oxygen atoms in total. The van der Waals surface area contributed by atoms with E-state index in [0.29, 0.717) is 16.9 Å². The van der Waals surface area contributed by atoms with Gasteiger partial charge in [0, 0.05) is 10.0 Å². The minimum absolute atomic E-state index is 0.0465. The Hall–Kier alpha value is -1.87. The van der Waals surface area contributed by atoms with E-state index in [1.165, 1.54) is 0 Å². The van der Waals surface area contributed by atoms with E-state index in [0.717, 1.165) is 10.0 Å². The predicted molar refractivity (Wildman–Crippen MR) is 77.4 cm³/mol. The maximum absolute atomic E-state index is 12.3. The molecule has 2 aromatic rings. The van der Waals surface area contributed by atoms with Gasteiger partial charge in [-0.15, -0.1) is 0 Å². The molecule has 19 heavy (non-hydrogen) atoms. The molecule has 3 heteroatoms. The Kier molecular flexibility index (Phi) is 2.99. The van der Waals surface area contributed by atoms with E-state index in [9.17, 15) is 4.79 Å². The fourth-order valence-corrected chi connectivity index (χ4v) is 2.42. The lowest BCUT2D eigenvalue weighted by molar-refractivity contribution is 0.0962. The summed E-state index contributed by atoms with van der Waals surface area (Å²) in [6, 6.07) is 15.0. The highest BCUT2D eigenvalue weighted by molar-refractivity contribution is 9.10. The minimum atomic E-state index is -0.407. The Morgan fingerprint density at radius 3 is 2.47 bits per heavy atom. The van der Waals surface area contributed by atoms with Crippen molar-refractivity contribution in [2.75, 3.05) is 0 Å². The number of rotatable bonds is 1. The van der Waals surface area contributed by atoms with Gasteiger partial charge in [0.25, 0.3) is 0 Å². The van der Waals surface area contributed by atoms with E-state index in [2.05, 4.69) is 22.5 Å². The molecule has 0 unspecified atom stereocenters. The van der Waals surface area contributed by atoms with Gasteiger partial charge in [0.05, 0.1) is 5.56 Å². The van der Waals surface area contributed by atoms with Crippen molar-refractivity contribution < 1.29 is 9.53 Å². The van der Waals surface area contributed by atoms with Crippen LogP contribution in [0.3, 0.4) is 0 Å². The molecule has 0 aromatic heterocycles. The Bertz CT molecular complexity index is 659. The average Bonchev–Trinajstić information content (AvgIpc) is 2.44. The molecule has 1 aliphatic rings. The molecular formula is C16H11BrO2. The van der Waals surface area contributed by atoms with Crippen LogP contribution in [0.25, 0.3) is 0 Å². The largest absolute Gasteiger partial charge is 0.480 e. The summed E-state index contributed by atoms with van der Waals surface area (Å²) in [4.78, 5) is 12.3. The summed E-state index contributed by atoms with van der Waals surface area (Å²) in [5.74, 6) is 0.572. The fraction of sp³-hybridized carbons (Fsp3) is 0.0625. The highest BCUT2D eigenvalue weighted by Crippen LogP contribution is 2.37. The number of Topliss-reactive ketones (excluding diaryl/α,β-unsaturated/α-hetero) is 1. The van der Waals surface area contributed by atoms with Crippen LogP contribution in [0.4, 0.5) is 0 Å². The maximum atomic E-state index is 12.3. The number of halogens is 1. The van der Waals surface area contributed by atoms with Gasteiger partial charge in [-0.1, -0.05) is 46.8 Å². The van der Waals surface area contributed by atoms with Crippen LogP contribution in [0.1, 0.15) is 22.0 Å². The lowest BCUT2D eigenvalue weighted by Crippen LogP contribution is -2.22. The van der Waals surface area contributed by atoms with Crippen molar-refractivity contribution in [2.24, 2.45) is 0 Å². The lowest BCUT2D eigenvalue weighted by Gasteiger charge is -2.27. The summed E-state index contributed by atoms with van der Waals surface area (Å²) in [7, 11) is 0. The fourth-order valence-electron chi connectivity index (χ4n) is 2.15. The number of hydrogen-bond donors (Lipinski definition) is 0. The zero-order valence-corrected chi connectivity index (χ0v) is 11.7. The molecule has 0 saturated carbocycles. The molecule has 0 saturated heterocycles. The first-order valence-corrected chi connectivity index (χ1v) is 6.71. The van der Waals surface area contributed by atoms with Crippen LogP contribution >= 0.6 is 15.9 Å². The summed E-state index contributed by atoms with van der Waals surface area (Å²) in [5.41, 5.74) is 1.98. The van der Waals surface area contributed by atoms with E-state index in [-0.39, 0.29) is 5.78 Å². The van der Waals surface area contributed by atoms with E-state index in [4.69, 9.17) is 4.74 Å². The minimum Gasteiger partial charge on any atom is -0.480 e. The molecule has 0 amide bonds. The molecular weight excluding hydrogens is 304 g/mol. The first-order valence-electron chi connectivity index (χ1n) is 5.91. The van der Waals surface area contributed by atoms with Crippen LogP contribution in [0.15, 0.2) is 65.2 Å². The summed E-state index contributed by atoms with van der Waals surface area (Å²) in [5, 5.41) is 0. The van der Waals surface area contributed by atoms with Gasteiger partial charge >= 0.3 is 0 Å². The molecule has 0 radical (unpaired) electrons. The van der Waals surface area contributed by atoms with E-state index < -0.39 is 6.10 Å². The van der Waals surface area contributed by atoms with Crippen molar-refractivity contribution in [3.8, 4) is 5.75 Å². The second-order valence-electron chi connectivity index (χ2n) is 4.40. The third-order valence-electron chi connectivity index (χ3n) is 3.16. The number of carbonyl (C=O) groups is 1. The Labute approximate surface area is 119 Å². The van der Waals surface area contributed by atoms with Gasteiger partial charge in [-0.05, 0) is 29.8 Å². The second kappa shape index (κ2) is 4.67. The number of benzene rings is 2. The third-order valence-corrected chi connectivity index (χ3v) is 3.69. The molecule has 1 atom stereocenters. The number of para-hydroxylation sites is 1. The van der Waals surface area contributed by atoms with Crippen molar-refractivity contribution >= 4 is 21.7 Å². The highest BCUT2D eigenvalue weighted by atomic mass is 79.9. The SMILES string of the molecule is C=C1C(=O)c2ccccc2O[C@H]1c1ccc(Br)cc1. The molecule has 0 bridgehead atoms. The molecule has 94 valence electrons. The van der Waals surface area contributed by atoms with Gasteiger partial charge in [-0.2, -0.15) is 0 Å². The smallest absolute Gasteiger partial charge is 0.196 e. The van der Waals surface area contributed by atoms with Gasteiger partial charge in [-0.3, -0.25) is 4.79 Å². The van der Waals surface area contributed by atoms with E-state index >= 15 is 0 Å². The number of ketones is 1. The second-order valence-corrected chi connectivity index (χ2v) is 5.32. The molecule has 1 aliphatic heterocycles.